The maximum Gasteiger partial charge on any atom is 0.233 e. The van der Waals surface area contributed by atoms with Gasteiger partial charge in [0, 0.05) is 11.1 Å². The fourth-order valence-electron chi connectivity index (χ4n) is 0.727. The van der Waals surface area contributed by atoms with E-state index >= 15 is 0 Å². The largest absolute Gasteiger partial charge is 0.285 e. The lowest BCUT2D eigenvalue weighted by Crippen LogP contribution is -1.99. The Morgan fingerprint density at radius 1 is 1.08 bits per heavy atom. The maximum absolute atomic E-state index is 10.1. The molecule has 1 aromatic rings. The van der Waals surface area contributed by atoms with Crippen LogP contribution in [0.15, 0.2) is 24.3 Å². The van der Waals surface area contributed by atoms with Crippen LogP contribution in [0.25, 0.3) is 0 Å². The molecule has 63 valence electrons. The Balaban J connectivity index is 3.00. The lowest BCUT2D eigenvalue weighted by Gasteiger charge is -2.10. The third-order valence-electron chi connectivity index (χ3n) is 1.33. The van der Waals surface area contributed by atoms with E-state index in [1.165, 1.54) is 0 Å². The smallest absolute Gasteiger partial charge is 0.233 e. The molecule has 0 atom stereocenters. The summed E-state index contributed by atoms with van der Waals surface area (Å²) >= 11 is 16.8. The van der Waals surface area contributed by atoms with E-state index in [9.17, 15) is 4.79 Å². The molecular formula is C8H4Cl3O. The summed E-state index contributed by atoms with van der Waals surface area (Å²) in [5.41, 5.74) is 0.972. The van der Waals surface area contributed by atoms with Crippen LogP contribution in [0.3, 0.4) is 0 Å². The molecule has 0 saturated carbocycles. The van der Waals surface area contributed by atoms with E-state index < -0.39 is 3.79 Å². The van der Waals surface area contributed by atoms with Crippen molar-refractivity contribution in [3.05, 3.63) is 35.4 Å². The van der Waals surface area contributed by atoms with E-state index in [0.29, 0.717) is 11.1 Å². The Morgan fingerprint density at radius 3 is 1.92 bits per heavy atom. The van der Waals surface area contributed by atoms with Crippen LogP contribution < -0.4 is 0 Å². The van der Waals surface area contributed by atoms with Crippen molar-refractivity contribution >= 4 is 41.1 Å². The van der Waals surface area contributed by atoms with Crippen LogP contribution in [0.5, 0.6) is 0 Å². The Bertz CT molecular complexity index is 273. The SMILES string of the molecule is O=[C]c1ccc(C(Cl)(Cl)Cl)cc1. The first-order valence-corrected chi connectivity index (χ1v) is 4.23. The first kappa shape index (κ1) is 9.85. The van der Waals surface area contributed by atoms with Gasteiger partial charge in [-0.05, 0) is 0 Å². The van der Waals surface area contributed by atoms with Crippen molar-refractivity contribution in [1.82, 2.24) is 0 Å². The number of carbonyl (C=O) groups excluding carboxylic acids is 1. The maximum atomic E-state index is 10.1. The molecule has 0 aliphatic heterocycles. The van der Waals surface area contributed by atoms with E-state index in [-0.39, 0.29) is 0 Å². The van der Waals surface area contributed by atoms with E-state index in [2.05, 4.69) is 0 Å². The van der Waals surface area contributed by atoms with Gasteiger partial charge in [0.1, 0.15) is 0 Å². The summed E-state index contributed by atoms with van der Waals surface area (Å²) in [6.07, 6.45) is 1.73. The summed E-state index contributed by atoms with van der Waals surface area (Å²) in [5.74, 6) is 0. The molecule has 0 bridgehead atoms. The van der Waals surface area contributed by atoms with E-state index in [1.807, 2.05) is 0 Å². The van der Waals surface area contributed by atoms with Gasteiger partial charge in [0.25, 0.3) is 0 Å². The van der Waals surface area contributed by atoms with Crippen LogP contribution in [0.1, 0.15) is 11.1 Å². The Hall–Kier alpha value is -0.240. The standard InChI is InChI=1S/C8H4Cl3O/c9-8(10,11)7-3-1-6(5-12)2-4-7/h1-4H. The average molecular weight is 222 g/mol. The summed E-state index contributed by atoms with van der Waals surface area (Å²) < 4.78 is -1.43. The van der Waals surface area contributed by atoms with Gasteiger partial charge in [0.15, 0.2) is 0 Å². The van der Waals surface area contributed by atoms with Crippen molar-refractivity contribution in [2.45, 2.75) is 3.79 Å². The third-order valence-corrected chi connectivity index (χ3v) is 1.98. The predicted octanol–water partition coefficient (Wildman–Crippen LogP) is 2.97. The molecule has 0 aliphatic carbocycles. The highest BCUT2D eigenvalue weighted by Crippen LogP contribution is 2.37. The van der Waals surface area contributed by atoms with Crippen LogP contribution in [0.4, 0.5) is 0 Å². The Kier molecular flexibility index (Phi) is 2.99. The van der Waals surface area contributed by atoms with Crippen molar-refractivity contribution < 1.29 is 4.79 Å². The fourth-order valence-corrected chi connectivity index (χ4v) is 1.11. The van der Waals surface area contributed by atoms with Crippen LogP contribution in [-0.4, -0.2) is 6.29 Å². The minimum absolute atomic E-state index is 0.438. The quantitative estimate of drug-likeness (QED) is 0.668. The molecule has 1 rings (SSSR count). The van der Waals surface area contributed by atoms with Gasteiger partial charge < -0.3 is 0 Å². The Morgan fingerprint density at radius 2 is 1.58 bits per heavy atom. The van der Waals surface area contributed by atoms with Crippen LogP contribution >= 0.6 is 34.8 Å². The zero-order valence-electron chi connectivity index (χ0n) is 5.85. The number of halogens is 3. The van der Waals surface area contributed by atoms with Crippen molar-refractivity contribution in [3.63, 3.8) is 0 Å². The highest BCUT2D eigenvalue weighted by molar-refractivity contribution is 6.66. The molecule has 0 unspecified atom stereocenters. The fraction of sp³-hybridized carbons (Fsp3) is 0.125. The molecular weight excluding hydrogens is 218 g/mol. The summed E-state index contributed by atoms with van der Waals surface area (Å²) in [7, 11) is 0. The van der Waals surface area contributed by atoms with Crippen molar-refractivity contribution in [2.75, 3.05) is 0 Å². The number of benzene rings is 1. The van der Waals surface area contributed by atoms with Crippen LogP contribution in [0.2, 0.25) is 0 Å². The molecule has 1 radical (unpaired) electrons. The first-order valence-electron chi connectivity index (χ1n) is 3.09. The number of rotatable bonds is 1. The van der Waals surface area contributed by atoms with Crippen LogP contribution in [0, 0.1) is 0 Å². The summed E-state index contributed by atoms with van der Waals surface area (Å²) in [4.78, 5) is 10.1. The predicted molar refractivity (Wildman–Crippen MR) is 50.5 cm³/mol. The zero-order valence-corrected chi connectivity index (χ0v) is 8.12. The highest BCUT2D eigenvalue weighted by Gasteiger charge is 2.21. The van der Waals surface area contributed by atoms with Gasteiger partial charge in [-0.1, -0.05) is 59.1 Å². The molecule has 4 heteroatoms. The second kappa shape index (κ2) is 3.65. The molecule has 0 amide bonds. The van der Waals surface area contributed by atoms with Crippen LogP contribution in [-0.2, 0) is 8.59 Å². The zero-order chi connectivity index (χ0) is 9.19. The number of hydrogen-bond donors (Lipinski definition) is 0. The van der Waals surface area contributed by atoms with Gasteiger partial charge in [0.2, 0.25) is 10.1 Å². The van der Waals surface area contributed by atoms with E-state index in [4.69, 9.17) is 34.8 Å². The summed E-state index contributed by atoms with van der Waals surface area (Å²) in [5, 5.41) is 0. The van der Waals surface area contributed by atoms with Crippen molar-refractivity contribution in [3.8, 4) is 0 Å². The lowest BCUT2D eigenvalue weighted by atomic mass is 10.2. The minimum atomic E-state index is -1.43. The topological polar surface area (TPSA) is 17.1 Å². The van der Waals surface area contributed by atoms with E-state index in [1.54, 1.807) is 30.6 Å². The number of hydrogen-bond acceptors (Lipinski definition) is 1. The van der Waals surface area contributed by atoms with Gasteiger partial charge in [-0.3, -0.25) is 4.79 Å². The number of alkyl halides is 3. The van der Waals surface area contributed by atoms with Crippen molar-refractivity contribution in [2.24, 2.45) is 0 Å². The monoisotopic (exact) mass is 221 g/mol. The van der Waals surface area contributed by atoms with Gasteiger partial charge in [0.05, 0.1) is 0 Å². The lowest BCUT2D eigenvalue weighted by molar-refractivity contribution is 0.563. The molecule has 1 nitrogen and oxygen atoms in total. The second-order valence-electron chi connectivity index (χ2n) is 2.18. The summed E-state index contributed by atoms with van der Waals surface area (Å²) in [6.45, 7) is 0. The van der Waals surface area contributed by atoms with Gasteiger partial charge in [-0.2, -0.15) is 0 Å². The van der Waals surface area contributed by atoms with Gasteiger partial charge in [-0.25, -0.2) is 0 Å². The van der Waals surface area contributed by atoms with Gasteiger partial charge >= 0.3 is 0 Å². The molecule has 12 heavy (non-hydrogen) atoms. The molecule has 0 aliphatic rings. The molecule has 0 N–H and O–H groups in total. The second-order valence-corrected chi connectivity index (χ2v) is 4.46. The average Bonchev–Trinajstić information content (AvgIpc) is 2.03. The molecule has 0 saturated heterocycles. The molecule has 0 heterocycles. The Labute approximate surface area is 85.2 Å². The molecule has 1 aromatic carbocycles. The molecule has 0 fully saturated rings. The molecule has 0 spiro atoms. The molecule has 0 aromatic heterocycles. The first-order chi connectivity index (χ1) is 5.54. The summed E-state index contributed by atoms with van der Waals surface area (Å²) in [6, 6.07) is 6.24. The van der Waals surface area contributed by atoms with E-state index in [0.717, 1.165) is 0 Å². The highest BCUT2D eigenvalue weighted by atomic mass is 35.6. The van der Waals surface area contributed by atoms with Crippen molar-refractivity contribution in [1.29, 1.82) is 0 Å². The normalized spacial score (nSPS) is 11.2. The minimum Gasteiger partial charge on any atom is -0.285 e. The third kappa shape index (κ3) is 2.37. The van der Waals surface area contributed by atoms with Gasteiger partial charge in [-0.15, -0.1) is 0 Å².